The topological polar surface area (TPSA) is 58.2 Å². The Balaban J connectivity index is 3.96. The highest BCUT2D eigenvalue weighted by molar-refractivity contribution is 5.88. The molecule has 2 N–H and O–H groups in total. The van der Waals surface area contributed by atoms with Crippen molar-refractivity contribution in [3.63, 3.8) is 0 Å². The zero-order valence-corrected chi connectivity index (χ0v) is 11.7. The third-order valence-electron chi connectivity index (χ3n) is 1.93. The second-order valence-corrected chi connectivity index (χ2v) is 6.17. The third-order valence-corrected chi connectivity index (χ3v) is 1.93. The van der Waals surface area contributed by atoms with Gasteiger partial charge in [-0.3, -0.25) is 9.59 Å². The van der Waals surface area contributed by atoms with Crippen molar-refractivity contribution in [2.45, 2.75) is 41.5 Å². The Kier molecular flexibility index (Phi) is 5.39. The Morgan fingerprint density at radius 2 is 1.53 bits per heavy atom. The summed E-state index contributed by atoms with van der Waals surface area (Å²) in [5.74, 6) is -0.285. The molecule has 0 saturated carbocycles. The van der Waals surface area contributed by atoms with E-state index in [2.05, 4.69) is 10.6 Å². The molecule has 0 aromatic rings. The van der Waals surface area contributed by atoms with Crippen molar-refractivity contribution in [1.82, 2.24) is 10.6 Å². The van der Waals surface area contributed by atoms with Crippen LogP contribution in [0.4, 0.5) is 0 Å². The lowest BCUT2D eigenvalue weighted by molar-refractivity contribution is -0.128. The molecule has 0 aliphatic heterocycles. The second kappa shape index (κ2) is 5.84. The van der Waals surface area contributed by atoms with Crippen LogP contribution in [0.25, 0.3) is 0 Å². The fraction of sp³-hybridized carbons (Fsp3) is 0.692. The molecule has 0 rings (SSSR count). The summed E-state index contributed by atoms with van der Waals surface area (Å²) in [6, 6.07) is 0. The van der Waals surface area contributed by atoms with E-state index in [0.29, 0.717) is 0 Å². The molecule has 0 heterocycles. The van der Waals surface area contributed by atoms with Crippen LogP contribution in [0.2, 0.25) is 0 Å². The quantitative estimate of drug-likeness (QED) is 0.584. The maximum absolute atomic E-state index is 11.5. The minimum absolute atomic E-state index is 0.0218. The van der Waals surface area contributed by atoms with Gasteiger partial charge < -0.3 is 10.6 Å². The summed E-state index contributed by atoms with van der Waals surface area (Å²) >= 11 is 0. The van der Waals surface area contributed by atoms with Crippen molar-refractivity contribution < 1.29 is 9.59 Å². The fourth-order valence-electron chi connectivity index (χ4n) is 0.861. The first-order valence-electron chi connectivity index (χ1n) is 5.78. The highest BCUT2D eigenvalue weighted by atomic mass is 16.2. The van der Waals surface area contributed by atoms with Crippen LogP contribution < -0.4 is 10.6 Å². The van der Waals surface area contributed by atoms with E-state index in [0.717, 1.165) is 0 Å². The van der Waals surface area contributed by atoms with Crippen molar-refractivity contribution in [1.29, 1.82) is 0 Å². The number of rotatable bonds is 3. The monoisotopic (exact) mass is 240 g/mol. The van der Waals surface area contributed by atoms with Gasteiger partial charge in [0.25, 0.3) is 0 Å². The molecule has 0 fully saturated rings. The highest BCUT2D eigenvalue weighted by Gasteiger charge is 2.20. The smallest absolute Gasteiger partial charge is 0.245 e. The Morgan fingerprint density at radius 1 is 1.00 bits per heavy atom. The summed E-state index contributed by atoms with van der Waals surface area (Å²) in [5, 5.41) is 5.25. The minimum Gasteiger partial charge on any atom is -0.338 e. The summed E-state index contributed by atoms with van der Waals surface area (Å²) in [5.41, 5.74) is -0.460. The summed E-state index contributed by atoms with van der Waals surface area (Å²) in [6.45, 7) is 11.7. The van der Waals surface area contributed by atoms with Gasteiger partial charge in [-0.05, 0) is 11.5 Å². The predicted molar refractivity (Wildman–Crippen MR) is 69.2 cm³/mol. The molecule has 17 heavy (non-hydrogen) atoms. The zero-order valence-electron chi connectivity index (χ0n) is 11.7. The van der Waals surface area contributed by atoms with Gasteiger partial charge in [0.1, 0.15) is 0 Å². The van der Waals surface area contributed by atoms with Gasteiger partial charge in [0.05, 0.1) is 6.67 Å². The van der Waals surface area contributed by atoms with E-state index < -0.39 is 5.41 Å². The van der Waals surface area contributed by atoms with Crippen molar-refractivity contribution in [2.75, 3.05) is 6.67 Å². The fourth-order valence-corrected chi connectivity index (χ4v) is 0.861. The van der Waals surface area contributed by atoms with Crippen LogP contribution in [0.3, 0.4) is 0 Å². The molecule has 0 aliphatic carbocycles. The molecular formula is C13H24N2O2. The van der Waals surface area contributed by atoms with Gasteiger partial charge in [-0.15, -0.1) is 0 Å². The lowest BCUT2D eigenvalue weighted by Crippen LogP contribution is -2.41. The van der Waals surface area contributed by atoms with Gasteiger partial charge in [-0.2, -0.15) is 0 Å². The summed E-state index contributed by atoms with van der Waals surface area (Å²) in [4.78, 5) is 22.9. The van der Waals surface area contributed by atoms with Crippen LogP contribution in [0.15, 0.2) is 12.2 Å². The largest absolute Gasteiger partial charge is 0.338 e. The Hall–Kier alpha value is -1.32. The van der Waals surface area contributed by atoms with E-state index in [1.807, 2.05) is 47.6 Å². The zero-order chi connectivity index (χ0) is 13.7. The van der Waals surface area contributed by atoms with Crippen molar-refractivity contribution >= 4 is 11.8 Å². The van der Waals surface area contributed by atoms with E-state index in [1.54, 1.807) is 0 Å². The SMILES string of the molecule is CC(C)(C)/C=C/C(=O)NCNC(=O)C(C)(C)C. The average Bonchev–Trinajstić information content (AvgIpc) is 2.12. The molecule has 0 aliphatic rings. The predicted octanol–water partition coefficient (Wildman–Crippen LogP) is 1.82. The Morgan fingerprint density at radius 3 is 1.94 bits per heavy atom. The number of nitrogens with one attached hydrogen (secondary N) is 2. The van der Waals surface area contributed by atoms with Crippen molar-refractivity contribution in [2.24, 2.45) is 10.8 Å². The molecule has 2 amide bonds. The minimum atomic E-state index is -0.439. The molecule has 0 atom stereocenters. The third kappa shape index (κ3) is 8.48. The molecule has 0 aromatic heterocycles. The van der Waals surface area contributed by atoms with Crippen molar-refractivity contribution in [3.05, 3.63) is 12.2 Å². The number of hydrogen-bond acceptors (Lipinski definition) is 2. The van der Waals surface area contributed by atoms with E-state index in [-0.39, 0.29) is 23.9 Å². The van der Waals surface area contributed by atoms with Crippen LogP contribution in [-0.2, 0) is 9.59 Å². The van der Waals surface area contributed by atoms with E-state index >= 15 is 0 Å². The second-order valence-electron chi connectivity index (χ2n) is 6.17. The highest BCUT2D eigenvalue weighted by Crippen LogP contribution is 2.14. The molecular weight excluding hydrogens is 216 g/mol. The first-order valence-corrected chi connectivity index (χ1v) is 5.78. The van der Waals surface area contributed by atoms with E-state index in [9.17, 15) is 9.59 Å². The molecule has 0 spiro atoms. The number of amides is 2. The van der Waals surface area contributed by atoms with E-state index in [4.69, 9.17) is 0 Å². The Labute approximate surface area is 104 Å². The van der Waals surface area contributed by atoms with Crippen LogP contribution in [0.5, 0.6) is 0 Å². The van der Waals surface area contributed by atoms with Crippen LogP contribution in [0, 0.1) is 10.8 Å². The van der Waals surface area contributed by atoms with Crippen LogP contribution >= 0.6 is 0 Å². The first kappa shape index (κ1) is 15.7. The first-order chi connectivity index (χ1) is 7.52. The molecule has 0 unspecified atom stereocenters. The van der Waals surface area contributed by atoms with E-state index in [1.165, 1.54) is 6.08 Å². The molecule has 0 aromatic carbocycles. The van der Waals surface area contributed by atoms with Crippen LogP contribution in [0.1, 0.15) is 41.5 Å². The van der Waals surface area contributed by atoms with Gasteiger partial charge in [-0.25, -0.2) is 0 Å². The molecule has 0 saturated heterocycles. The number of allylic oxidation sites excluding steroid dienone is 1. The van der Waals surface area contributed by atoms with Crippen LogP contribution in [-0.4, -0.2) is 18.5 Å². The maximum Gasteiger partial charge on any atom is 0.245 e. The lowest BCUT2D eigenvalue weighted by atomic mass is 9.96. The Bertz CT molecular complexity index is 306. The van der Waals surface area contributed by atoms with Gasteiger partial charge in [0, 0.05) is 5.41 Å². The van der Waals surface area contributed by atoms with Gasteiger partial charge in [0.15, 0.2) is 0 Å². The van der Waals surface area contributed by atoms with Gasteiger partial charge >= 0.3 is 0 Å². The molecule has 98 valence electrons. The van der Waals surface area contributed by atoms with Gasteiger partial charge in [-0.1, -0.05) is 47.6 Å². The molecule has 0 radical (unpaired) electrons. The summed E-state index contributed by atoms with van der Waals surface area (Å²) < 4.78 is 0. The lowest BCUT2D eigenvalue weighted by Gasteiger charge is -2.17. The molecule has 0 bridgehead atoms. The van der Waals surface area contributed by atoms with Gasteiger partial charge in [0.2, 0.25) is 11.8 Å². The maximum atomic E-state index is 11.5. The summed E-state index contributed by atoms with van der Waals surface area (Å²) in [7, 11) is 0. The number of hydrogen-bond donors (Lipinski definition) is 2. The molecule has 4 nitrogen and oxygen atoms in total. The number of carbonyl (C=O) groups excluding carboxylic acids is 2. The normalized spacial score (nSPS) is 12.6. The summed E-state index contributed by atoms with van der Waals surface area (Å²) in [6.07, 6.45) is 3.32. The number of carbonyl (C=O) groups is 2. The molecule has 4 heteroatoms. The average molecular weight is 240 g/mol. The van der Waals surface area contributed by atoms with Crippen molar-refractivity contribution in [3.8, 4) is 0 Å². The standard InChI is InChI=1S/C13H24N2O2/c1-12(2,3)8-7-10(16)14-9-15-11(17)13(4,5)6/h7-8H,9H2,1-6H3,(H,14,16)(H,15,17)/b8-7+.